The molecule has 0 bridgehead atoms. The largest absolute Gasteiger partial charge is 0.495 e. The van der Waals surface area contributed by atoms with Crippen LogP contribution in [0.1, 0.15) is 11.1 Å². The molecule has 0 radical (unpaired) electrons. The Hall–Kier alpha value is -3.58. The van der Waals surface area contributed by atoms with E-state index in [1.54, 1.807) is 12.1 Å². The van der Waals surface area contributed by atoms with Crippen LogP contribution in [0.15, 0.2) is 64.6 Å². The van der Waals surface area contributed by atoms with Crippen molar-refractivity contribution >= 4 is 62.5 Å². The van der Waals surface area contributed by atoms with E-state index in [1.165, 1.54) is 31.4 Å². The number of hydrogen-bond acceptors (Lipinski definition) is 6. The molecule has 1 amide bonds. The van der Waals surface area contributed by atoms with Crippen molar-refractivity contribution in [3.05, 3.63) is 95.9 Å². The minimum atomic E-state index is -0.780. The van der Waals surface area contributed by atoms with Gasteiger partial charge in [0, 0.05) is 22.7 Å². The number of benzene rings is 3. The number of hydrogen-bond donors (Lipinski definition) is 1. The van der Waals surface area contributed by atoms with Crippen LogP contribution in [0.5, 0.6) is 11.5 Å². The number of halogens is 3. The molecule has 8 nitrogen and oxygen atoms in total. The lowest BCUT2D eigenvalue weighted by molar-refractivity contribution is -0.384. The van der Waals surface area contributed by atoms with Gasteiger partial charge >= 0.3 is 0 Å². The molecule has 0 aliphatic rings. The summed E-state index contributed by atoms with van der Waals surface area (Å²) in [5, 5.41) is 23.9. The molecule has 3 aromatic carbocycles. The van der Waals surface area contributed by atoms with Gasteiger partial charge in [-0.1, -0.05) is 41.4 Å². The standard InChI is InChI=1S/C24H16BrCl2N3O5/c1-34-22-7-6-17(30(32)33)11-21(22)29-24(31)16(12-28)8-14-9-18(25)23(20(27)10-14)35-13-15-4-2-3-5-19(15)26/h2-11H,13H2,1H3,(H,29,31)/b16-8+. The average Bonchev–Trinajstić information content (AvgIpc) is 2.82. The Morgan fingerprint density at radius 2 is 1.94 bits per heavy atom. The van der Waals surface area contributed by atoms with Gasteiger partial charge in [-0.05, 0) is 51.8 Å². The van der Waals surface area contributed by atoms with Crippen molar-refractivity contribution in [2.24, 2.45) is 0 Å². The third-order valence-electron chi connectivity index (χ3n) is 4.67. The molecular weight excluding hydrogens is 561 g/mol. The number of amides is 1. The van der Waals surface area contributed by atoms with Crippen LogP contribution >= 0.6 is 39.1 Å². The lowest BCUT2D eigenvalue weighted by atomic mass is 10.1. The van der Waals surface area contributed by atoms with Gasteiger partial charge in [0.05, 0.1) is 27.2 Å². The SMILES string of the molecule is COc1ccc([N+](=O)[O-])cc1NC(=O)/C(C#N)=C/c1cc(Cl)c(OCc2ccccc2Cl)c(Br)c1. The van der Waals surface area contributed by atoms with Crippen LogP contribution in [0.2, 0.25) is 10.0 Å². The number of nitrogens with zero attached hydrogens (tertiary/aromatic N) is 2. The van der Waals surface area contributed by atoms with Gasteiger partial charge in [0.1, 0.15) is 24.0 Å². The highest BCUT2D eigenvalue weighted by Gasteiger charge is 2.17. The van der Waals surface area contributed by atoms with Crippen molar-refractivity contribution in [1.82, 2.24) is 0 Å². The summed E-state index contributed by atoms with van der Waals surface area (Å²) in [5.41, 5.74) is 0.777. The molecule has 0 aliphatic carbocycles. The Bertz CT molecular complexity index is 1350. The van der Waals surface area contributed by atoms with E-state index >= 15 is 0 Å². The van der Waals surface area contributed by atoms with Crippen molar-refractivity contribution < 1.29 is 19.2 Å². The van der Waals surface area contributed by atoms with Gasteiger partial charge in [0.25, 0.3) is 11.6 Å². The highest BCUT2D eigenvalue weighted by molar-refractivity contribution is 9.10. The Morgan fingerprint density at radius 1 is 1.20 bits per heavy atom. The number of non-ortho nitro benzene ring substituents is 1. The quantitative estimate of drug-likeness (QED) is 0.136. The molecule has 1 N–H and O–H groups in total. The van der Waals surface area contributed by atoms with E-state index in [4.69, 9.17) is 32.7 Å². The molecule has 0 saturated carbocycles. The summed E-state index contributed by atoms with van der Waals surface area (Å²) in [7, 11) is 1.35. The van der Waals surface area contributed by atoms with E-state index < -0.39 is 10.8 Å². The molecule has 3 aromatic rings. The fourth-order valence-corrected chi connectivity index (χ4v) is 4.16. The fourth-order valence-electron chi connectivity index (χ4n) is 2.98. The second-order valence-corrected chi connectivity index (χ2v) is 8.63. The molecule has 0 unspecified atom stereocenters. The van der Waals surface area contributed by atoms with E-state index in [2.05, 4.69) is 21.2 Å². The van der Waals surface area contributed by atoms with Crippen LogP contribution in [0.4, 0.5) is 11.4 Å². The minimum Gasteiger partial charge on any atom is -0.495 e. The molecule has 0 saturated heterocycles. The molecule has 35 heavy (non-hydrogen) atoms. The first-order valence-corrected chi connectivity index (χ1v) is 11.4. The molecule has 0 aliphatic heterocycles. The summed E-state index contributed by atoms with van der Waals surface area (Å²) in [6.07, 6.45) is 1.33. The van der Waals surface area contributed by atoms with Crippen molar-refractivity contribution in [3.63, 3.8) is 0 Å². The van der Waals surface area contributed by atoms with Crippen LogP contribution in [0.3, 0.4) is 0 Å². The van der Waals surface area contributed by atoms with Gasteiger partial charge in [-0.3, -0.25) is 14.9 Å². The minimum absolute atomic E-state index is 0.0513. The summed E-state index contributed by atoms with van der Waals surface area (Å²) >= 11 is 15.9. The Morgan fingerprint density at radius 3 is 2.57 bits per heavy atom. The fraction of sp³-hybridized carbons (Fsp3) is 0.0833. The summed E-state index contributed by atoms with van der Waals surface area (Å²) in [4.78, 5) is 23.2. The highest BCUT2D eigenvalue weighted by Crippen LogP contribution is 2.36. The van der Waals surface area contributed by atoms with E-state index in [9.17, 15) is 20.2 Å². The number of nitro groups is 1. The normalized spacial score (nSPS) is 10.9. The Labute approximate surface area is 219 Å². The number of anilines is 1. The van der Waals surface area contributed by atoms with Crippen molar-refractivity contribution in [2.75, 3.05) is 12.4 Å². The smallest absolute Gasteiger partial charge is 0.271 e. The van der Waals surface area contributed by atoms with Crippen LogP contribution in [-0.2, 0) is 11.4 Å². The first-order chi connectivity index (χ1) is 16.7. The molecule has 0 aromatic heterocycles. The lowest BCUT2D eigenvalue weighted by Crippen LogP contribution is -2.14. The number of nitrogens with one attached hydrogen (secondary N) is 1. The summed E-state index contributed by atoms with van der Waals surface area (Å²) in [5.74, 6) is -0.210. The van der Waals surface area contributed by atoms with Gasteiger partial charge in [0.2, 0.25) is 0 Å². The topological polar surface area (TPSA) is 114 Å². The van der Waals surface area contributed by atoms with E-state index in [1.807, 2.05) is 24.3 Å². The summed E-state index contributed by atoms with van der Waals surface area (Å²) < 4.78 is 11.4. The van der Waals surface area contributed by atoms with Crippen molar-refractivity contribution in [1.29, 1.82) is 5.26 Å². The molecule has 0 atom stereocenters. The average molecular weight is 577 g/mol. The van der Waals surface area contributed by atoms with Gasteiger partial charge in [-0.15, -0.1) is 0 Å². The Balaban J connectivity index is 1.83. The molecular formula is C24H16BrCl2N3O5. The maximum atomic E-state index is 12.7. The number of nitro benzene ring substituents is 1. The summed E-state index contributed by atoms with van der Waals surface area (Å²) in [6, 6.07) is 16.0. The summed E-state index contributed by atoms with van der Waals surface area (Å²) in [6.45, 7) is 0.185. The molecule has 178 valence electrons. The van der Waals surface area contributed by atoms with E-state index in [0.717, 1.165) is 11.6 Å². The van der Waals surface area contributed by atoms with Gasteiger partial charge in [-0.2, -0.15) is 5.26 Å². The third kappa shape index (κ3) is 6.51. The van der Waals surface area contributed by atoms with Crippen LogP contribution in [0.25, 0.3) is 6.08 Å². The van der Waals surface area contributed by atoms with E-state index in [0.29, 0.717) is 20.8 Å². The maximum absolute atomic E-state index is 12.7. The molecule has 0 heterocycles. The first kappa shape index (κ1) is 26.0. The zero-order chi connectivity index (χ0) is 25.5. The van der Waals surface area contributed by atoms with Crippen LogP contribution in [0, 0.1) is 21.4 Å². The van der Waals surface area contributed by atoms with Crippen molar-refractivity contribution in [2.45, 2.75) is 6.61 Å². The van der Waals surface area contributed by atoms with Crippen LogP contribution < -0.4 is 14.8 Å². The number of methoxy groups -OCH3 is 1. The van der Waals surface area contributed by atoms with Gasteiger partial charge < -0.3 is 14.8 Å². The predicted molar refractivity (Wildman–Crippen MR) is 137 cm³/mol. The van der Waals surface area contributed by atoms with Gasteiger partial charge in [-0.25, -0.2) is 0 Å². The monoisotopic (exact) mass is 575 g/mol. The zero-order valence-corrected chi connectivity index (χ0v) is 21.1. The number of carbonyl (C=O) groups excluding carboxylic acids is 1. The number of nitriles is 1. The van der Waals surface area contributed by atoms with E-state index in [-0.39, 0.29) is 34.3 Å². The maximum Gasteiger partial charge on any atom is 0.271 e. The molecule has 3 rings (SSSR count). The second-order valence-electron chi connectivity index (χ2n) is 6.96. The first-order valence-electron chi connectivity index (χ1n) is 9.84. The highest BCUT2D eigenvalue weighted by atomic mass is 79.9. The molecule has 11 heteroatoms. The Kier molecular flexibility index (Phi) is 8.71. The number of rotatable bonds is 8. The number of ether oxygens (including phenoxy) is 2. The van der Waals surface area contributed by atoms with Gasteiger partial charge in [0.15, 0.2) is 5.75 Å². The second kappa shape index (κ2) is 11.7. The molecule has 0 spiro atoms. The van der Waals surface area contributed by atoms with Crippen molar-refractivity contribution in [3.8, 4) is 17.6 Å². The lowest BCUT2D eigenvalue weighted by Gasteiger charge is -2.12. The third-order valence-corrected chi connectivity index (χ3v) is 5.91. The zero-order valence-electron chi connectivity index (χ0n) is 18.1. The molecule has 0 fully saturated rings. The predicted octanol–water partition coefficient (Wildman–Crippen LogP) is 6.80. The van der Waals surface area contributed by atoms with Crippen LogP contribution in [-0.4, -0.2) is 17.9 Å². The number of carbonyl (C=O) groups is 1.